The van der Waals surface area contributed by atoms with Gasteiger partial charge in [-0.1, -0.05) is 12.1 Å². The van der Waals surface area contributed by atoms with E-state index in [0.717, 1.165) is 62.3 Å². The van der Waals surface area contributed by atoms with E-state index in [0.29, 0.717) is 55.5 Å². The number of nitriles is 1. The number of nitrogens with zero attached hydrogens (tertiary/aromatic N) is 8. The largest absolute Gasteiger partial charge is 0.433 e. The summed E-state index contributed by atoms with van der Waals surface area (Å²) in [6.07, 6.45) is 2.46. The van der Waals surface area contributed by atoms with Crippen molar-refractivity contribution in [2.24, 2.45) is 5.41 Å². The van der Waals surface area contributed by atoms with Gasteiger partial charge in [-0.25, -0.2) is 9.37 Å². The van der Waals surface area contributed by atoms with Crippen molar-refractivity contribution < 1.29 is 36.7 Å². The number of imide groups is 1. The van der Waals surface area contributed by atoms with Crippen LogP contribution in [-0.2, 0) is 20.6 Å². The van der Waals surface area contributed by atoms with Crippen molar-refractivity contribution in [2.45, 2.75) is 75.3 Å². The summed E-state index contributed by atoms with van der Waals surface area (Å²) in [5.74, 6) is -1.74. The third-order valence-corrected chi connectivity index (χ3v) is 12.7. The number of anilines is 4. The molecule has 1 atom stereocenters. The number of fused-ring (bicyclic) bond motifs is 1. The summed E-state index contributed by atoms with van der Waals surface area (Å²) in [6.45, 7) is 2.96. The van der Waals surface area contributed by atoms with Crippen LogP contribution in [0.15, 0.2) is 54.7 Å². The molecule has 2 aromatic carbocycles. The number of carbonyl (C=O) groups is 4. The van der Waals surface area contributed by atoms with E-state index in [-0.39, 0.29) is 41.5 Å². The fraction of sp³-hybridized carbons (Fsp3) is 0.465. The molecule has 320 valence electrons. The summed E-state index contributed by atoms with van der Waals surface area (Å²) < 4.78 is 57.9. The standard InChI is InChI=1S/C43H46F4N10O4/c1-53(2)38-33(6-4-7-34(38)56(26-58)35-9-10-37(59)51-40(35)61)55-17-15-42(44,16-18-55)25-54-23-41(24-54)13-11-29(12-14-41)57-22-28-20-31(27(21-48)19-32(28)52-57)50-39(60)30-5-3-8-36(49-30)43(45,46)47/h3-8,19-20,22,26,29,35H,9-18,23-25H2,1-2H3,(H,50,60)(H,51,59,61). The van der Waals surface area contributed by atoms with Crippen LogP contribution in [0.4, 0.5) is 40.3 Å². The van der Waals surface area contributed by atoms with E-state index in [9.17, 15) is 37.6 Å². The van der Waals surface area contributed by atoms with Crippen LogP contribution in [0.1, 0.15) is 79.2 Å². The molecule has 1 saturated carbocycles. The second-order valence-electron chi connectivity index (χ2n) is 17.1. The zero-order valence-corrected chi connectivity index (χ0v) is 33.8. The van der Waals surface area contributed by atoms with E-state index >= 15 is 4.39 Å². The molecule has 3 saturated heterocycles. The topological polar surface area (TPSA) is 160 Å². The van der Waals surface area contributed by atoms with Crippen molar-refractivity contribution in [3.8, 4) is 6.07 Å². The third-order valence-electron chi connectivity index (χ3n) is 12.7. The Bertz CT molecular complexity index is 2410. The fourth-order valence-corrected chi connectivity index (χ4v) is 9.58. The summed E-state index contributed by atoms with van der Waals surface area (Å²) in [4.78, 5) is 60.8. The minimum absolute atomic E-state index is 0.106. The molecule has 1 unspecified atom stereocenters. The van der Waals surface area contributed by atoms with Crippen molar-refractivity contribution in [3.05, 3.63) is 71.7 Å². The molecule has 4 fully saturated rings. The van der Waals surface area contributed by atoms with Crippen LogP contribution < -0.4 is 25.3 Å². The molecule has 4 amide bonds. The van der Waals surface area contributed by atoms with Crippen molar-refractivity contribution >= 4 is 57.8 Å². The van der Waals surface area contributed by atoms with Gasteiger partial charge in [0.1, 0.15) is 29.2 Å². The first kappa shape index (κ1) is 41.6. The molecule has 2 N–H and O–H groups in total. The summed E-state index contributed by atoms with van der Waals surface area (Å²) >= 11 is 0. The lowest BCUT2D eigenvalue weighted by Gasteiger charge is -2.55. The molecule has 0 bridgehead atoms. The average Bonchev–Trinajstić information content (AvgIpc) is 3.64. The Balaban J connectivity index is 0.857. The maximum absolute atomic E-state index is 16.5. The molecular formula is C43H46F4N10O4. The maximum Gasteiger partial charge on any atom is 0.433 e. The molecular weight excluding hydrogens is 797 g/mol. The number of likely N-dealkylation sites (tertiary alicyclic amines) is 1. The number of piperidine rings is 2. The molecule has 0 radical (unpaired) electrons. The van der Waals surface area contributed by atoms with Gasteiger partial charge in [0.15, 0.2) is 0 Å². The van der Waals surface area contributed by atoms with Gasteiger partial charge in [-0.05, 0) is 73.9 Å². The van der Waals surface area contributed by atoms with Gasteiger partial charge in [0.2, 0.25) is 18.2 Å². The van der Waals surface area contributed by atoms with E-state index in [1.165, 1.54) is 11.0 Å². The first-order chi connectivity index (χ1) is 29.1. The van der Waals surface area contributed by atoms with Crippen LogP contribution in [-0.4, -0.2) is 102 Å². The number of benzene rings is 2. The molecule has 4 aromatic rings. The van der Waals surface area contributed by atoms with Crippen LogP contribution in [0.25, 0.3) is 10.9 Å². The van der Waals surface area contributed by atoms with Gasteiger partial charge in [0.25, 0.3) is 5.91 Å². The van der Waals surface area contributed by atoms with Gasteiger partial charge in [-0.15, -0.1) is 0 Å². The zero-order chi connectivity index (χ0) is 43.3. The minimum atomic E-state index is -4.71. The number of amides is 4. The molecule has 61 heavy (non-hydrogen) atoms. The van der Waals surface area contributed by atoms with Gasteiger partial charge < -0.3 is 20.0 Å². The number of pyridine rings is 1. The van der Waals surface area contributed by atoms with Crippen molar-refractivity contribution in [1.29, 1.82) is 5.26 Å². The van der Waals surface area contributed by atoms with Crippen molar-refractivity contribution in [2.75, 3.05) is 66.8 Å². The molecule has 1 spiro atoms. The Morgan fingerprint density at radius 2 is 1.77 bits per heavy atom. The molecule has 18 heteroatoms. The van der Waals surface area contributed by atoms with Gasteiger partial charge in [-0.3, -0.25) is 34.1 Å². The Kier molecular flexibility index (Phi) is 11.0. The fourth-order valence-electron chi connectivity index (χ4n) is 9.58. The molecule has 1 aliphatic carbocycles. The first-order valence-electron chi connectivity index (χ1n) is 20.4. The van der Waals surface area contributed by atoms with Crippen molar-refractivity contribution in [3.63, 3.8) is 0 Å². The highest BCUT2D eigenvalue weighted by Gasteiger charge is 2.48. The summed E-state index contributed by atoms with van der Waals surface area (Å²) in [6, 6.07) is 13.1. The Morgan fingerprint density at radius 1 is 1.05 bits per heavy atom. The first-order valence-corrected chi connectivity index (χ1v) is 20.4. The number of carbonyl (C=O) groups excluding carboxylic acids is 4. The highest BCUT2D eigenvalue weighted by Crippen LogP contribution is 2.48. The second kappa shape index (κ2) is 16.1. The Morgan fingerprint density at radius 3 is 2.43 bits per heavy atom. The van der Waals surface area contributed by atoms with Gasteiger partial charge in [0.05, 0.1) is 39.9 Å². The number of hydrogen-bond acceptors (Lipinski definition) is 10. The predicted molar refractivity (Wildman–Crippen MR) is 219 cm³/mol. The molecule has 3 aliphatic heterocycles. The normalized spacial score (nSPS) is 20.5. The highest BCUT2D eigenvalue weighted by molar-refractivity contribution is 6.06. The van der Waals surface area contributed by atoms with E-state index < -0.39 is 41.1 Å². The highest BCUT2D eigenvalue weighted by atomic mass is 19.4. The lowest BCUT2D eigenvalue weighted by Crippen LogP contribution is -2.61. The van der Waals surface area contributed by atoms with E-state index in [2.05, 4.69) is 25.4 Å². The molecule has 2 aromatic heterocycles. The van der Waals surface area contributed by atoms with Gasteiger partial charge in [-0.2, -0.15) is 23.5 Å². The van der Waals surface area contributed by atoms with E-state index in [1.807, 2.05) is 48.1 Å². The second-order valence-corrected chi connectivity index (χ2v) is 17.1. The maximum atomic E-state index is 16.5. The number of hydrogen-bond donors (Lipinski definition) is 2. The number of alkyl halides is 4. The summed E-state index contributed by atoms with van der Waals surface area (Å²) in [5.41, 5.74) is 0.0888. The third kappa shape index (κ3) is 8.35. The van der Waals surface area contributed by atoms with Crippen LogP contribution in [0.2, 0.25) is 0 Å². The molecule has 8 rings (SSSR count). The predicted octanol–water partition coefficient (Wildman–Crippen LogP) is 5.83. The van der Waals surface area contributed by atoms with Crippen LogP contribution in [0.5, 0.6) is 0 Å². The SMILES string of the molecule is CN(C)c1c(N2CCC(F)(CN3CC4(CCC(n5cc6cc(NC(=O)c7cccc(C(F)(F)F)n7)c(C#N)cc6n5)CC4)C3)CC2)cccc1N(C=O)C1CCC(=O)NC1=O. The number of para-hydroxylation sites is 1. The van der Waals surface area contributed by atoms with Crippen molar-refractivity contribution in [1.82, 2.24) is 25.0 Å². The molecule has 4 aliphatic rings. The lowest BCUT2D eigenvalue weighted by molar-refractivity contribution is -0.141. The van der Waals surface area contributed by atoms with Crippen LogP contribution in [0.3, 0.4) is 0 Å². The lowest BCUT2D eigenvalue weighted by atomic mass is 9.67. The van der Waals surface area contributed by atoms with E-state index in [1.54, 1.807) is 18.2 Å². The smallest absolute Gasteiger partial charge is 0.374 e. The van der Waals surface area contributed by atoms with Gasteiger partial charge in [0, 0.05) is 77.7 Å². The van der Waals surface area contributed by atoms with Crippen LogP contribution in [0, 0.1) is 16.7 Å². The minimum Gasteiger partial charge on any atom is -0.374 e. The number of rotatable bonds is 10. The Labute approximate surface area is 349 Å². The molecule has 14 nitrogen and oxygen atoms in total. The Hall–Kier alpha value is -6.09. The quantitative estimate of drug-likeness (QED) is 0.113. The zero-order valence-electron chi connectivity index (χ0n) is 33.8. The number of halogens is 4. The number of nitrogens with one attached hydrogen (secondary N) is 2. The summed E-state index contributed by atoms with van der Waals surface area (Å²) in [7, 11) is 3.73. The monoisotopic (exact) mass is 842 g/mol. The van der Waals surface area contributed by atoms with Gasteiger partial charge >= 0.3 is 6.18 Å². The summed E-state index contributed by atoms with van der Waals surface area (Å²) in [5, 5.41) is 20.1. The number of aromatic nitrogens is 3. The average molecular weight is 843 g/mol. The van der Waals surface area contributed by atoms with E-state index in [4.69, 9.17) is 5.10 Å². The molecule has 5 heterocycles. The van der Waals surface area contributed by atoms with Crippen LogP contribution >= 0.6 is 0 Å².